The van der Waals surface area contributed by atoms with Gasteiger partial charge in [-0.25, -0.2) is 13.6 Å². The first-order valence-corrected chi connectivity index (χ1v) is 9.47. The Morgan fingerprint density at radius 3 is 2.74 bits per heavy atom. The molecular weight excluding hydrogens is 374 g/mol. The molecule has 0 spiro atoms. The van der Waals surface area contributed by atoms with E-state index in [1.807, 2.05) is 5.38 Å². The fourth-order valence-corrected chi connectivity index (χ4v) is 3.62. The maximum Gasteiger partial charge on any atom is 0.407 e. The number of hydrogen-bond acceptors (Lipinski definition) is 6. The van der Waals surface area contributed by atoms with Gasteiger partial charge < -0.3 is 10.1 Å². The SMILES string of the molecule is CC(C)(C)OC(=O)N[C@@H]1CN(Cc2csnn2)C[C@H]1c1ccc(F)c(F)c1. The van der Waals surface area contributed by atoms with Crippen LogP contribution in [0.15, 0.2) is 23.6 Å². The Morgan fingerprint density at radius 2 is 2.11 bits per heavy atom. The van der Waals surface area contributed by atoms with Crippen LogP contribution in [0.1, 0.15) is 37.9 Å². The Labute approximate surface area is 160 Å². The van der Waals surface area contributed by atoms with Gasteiger partial charge in [0.05, 0.1) is 11.7 Å². The molecule has 0 unspecified atom stereocenters. The number of carbonyl (C=O) groups is 1. The van der Waals surface area contributed by atoms with Gasteiger partial charge in [-0.2, -0.15) is 0 Å². The minimum Gasteiger partial charge on any atom is -0.444 e. The van der Waals surface area contributed by atoms with Gasteiger partial charge in [0, 0.05) is 30.9 Å². The van der Waals surface area contributed by atoms with Gasteiger partial charge in [-0.15, -0.1) is 5.10 Å². The van der Waals surface area contributed by atoms with Gasteiger partial charge in [-0.3, -0.25) is 4.90 Å². The van der Waals surface area contributed by atoms with Crippen molar-refractivity contribution >= 4 is 17.6 Å². The van der Waals surface area contributed by atoms with Crippen LogP contribution in [0, 0.1) is 11.6 Å². The predicted octanol–water partition coefficient (Wildman–Crippen LogP) is 3.31. The molecule has 2 heterocycles. The molecule has 1 aromatic heterocycles. The van der Waals surface area contributed by atoms with Crippen molar-refractivity contribution in [2.24, 2.45) is 0 Å². The van der Waals surface area contributed by atoms with E-state index in [1.54, 1.807) is 26.8 Å². The van der Waals surface area contributed by atoms with Crippen LogP contribution >= 0.6 is 11.5 Å². The monoisotopic (exact) mass is 396 g/mol. The molecule has 1 amide bonds. The quantitative estimate of drug-likeness (QED) is 0.859. The molecule has 1 saturated heterocycles. The number of amides is 1. The zero-order chi connectivity index (χ0) is 19.6. The molecule has 0 radical (unpaired) electrons. The molecule has 1 aromatic carbocycles. The van der Waals surface area contributed by atoms with E-state index in [9.17, 15) is 13.6 Å². The van der Waals surface area contributed by atoms with Gasteiger partial charge in [0.25, 0.3) is 0 Å². The number of ether oxygens (including phenoxy) is 1. The number of carbonyl (C=O) groups excluding carboxylic acids is 1. The maximum absolute atomic E-state index is 13.7. The highest BCUT2D eigenvalue weighted by Crippen LogP contribution is 2.30. The van der Waals surface area contributed by atoms with Crippen LogP contribution in [0.2, 0.25) is 0 Å². The fourth-order valence-electron chi connectivity index (χ4n) is 3.18. The van der Waals surface area contributed by atoms with Gasteiger partial charge in [0.15, 0.2) is 11.6 Å². The third-order valence-electron chi connectivity index (χ3n) is 4.26. The molecule has 6 nitrogen and oxygen atoms in total. The van der Waals surface area contributed by atoms with Gasteiger partial charge in [-0.1, -0.05) is 10.6 Å². The summed E-state index contributed by atoms with van der Waals surface area (Å²) in [6, 6.07) is 3.57. The molecule has 3 rings (SSSR count). The third-order valence-corrected chi connectivity index (χ3v) is 4.81. The zero-order valence-electron chi connectivity index (χ0n) is 15.4. The lowest BCUT2D eigenvalue weighted by molar-refractivity contribution is 0.0502. The van der Waals surface area contributed by atoms with Crippen molar-refractivity contribution in [3.8, 4) is 0 Å². The van der Waals surface area contributed by atoms with Crippen LogP contribution in [-0.4, -0.2) is 45.3 Å². The molecule has 1 N–H and O–H groups in total. The van der Waals surface area contributed by atoms with Crippen molar-refractivity contribution in [3.63, 3.8) is 0 Å². The molecule has 1 fully saturated rings. The minimum absolute atomic E-state index is 0.195. The Bertz CT molecular complexity index is 795. The van der Waals surface area contributed by atoms with Crippen LogP contribution in [0.3, 0.4) is 0 Å². The predicted molar refractivity (Wildman–Crippen MR) is 97.4 cm³/mol. The van der Waals surface area contributed by atoms with E-state index >= 15 is 0 Å². The number of nitrogens with one attached hydrogen (secondary N) is 1. The lowest BCUT2D eigenvalue weighted by atomic mass is 9.94. The number of rotatable bonds is 4. The first kappa shape index (κ1) is 19.6. The second-order valence-electron chi connectivity index (χ2n) is 7.62. The number of alkyl carbamates (subject to hydrolysis) is 1. The summed E-state index contributed by atoms with van der Waals surface area (Å²) in [6.07, 6.45) is -0.530. The molecule has 27 heavy (non-hydrogen) atoms. The summed E-state index contributed by atoms with van der Waals surface area (Å²) in [5.74, 6) is -1.98. The van der Waals surface area contributed by atoms with E-state index in [-0.39, 0.29) is 12.0 Å². The van der Waals surface area contributed by atoms with Crippen molar-refractivity contribution in [2.75, 3.05) is 13.1 Å². The van der Waals surface area contributed by atoms with Crippen molar-refractivity contribution in [2.45, 2.75) is 44.9 Å². The van der Waals surface area contributed by atoms with E-state index in [2.05, 4.69) is 19.8 Å². The molecule has 2 aromatic rings. The maximum atomic E-state index is 13.7. The van der Waals surface area contributed by atoms with Gasteiger partial charge in [-0.05, 0) is 50.0 Å². The number of halogens is 2. The van der Waals surface area contributed by atoms with Gasteiger partial charge in [0.2, 0.25) is 0 Å². The topological polar surface area (TPSA) is 67.3 Å². The van der Waals surface area contributed by atoms with Crippen LogP contribution in [-0.2, 0) is 11.3 Å². The van der Waals surface area contributed by atoms with E-state index in [0.29, 0.717) is 25.2 Å². The first-order chi connectivity index (χ1) is 12.7. The summed E-state index contributed by atoms with van der Waals surface area (Å²) >= 11 is 1.27. The minimum atomic E-state index is -0.898. The largest absolute Gasteiger partial charge is 0.444 e. The van der Waals surface area contributed by atoms with Gasteiger partial charge in [0.1, 0.15) is 5.60 Å². The van der Waals surface area contributed by atoms with Crippen molar-refractivity contribution < 1.29 is 18.3 Å². The molecule has 0 saturated carbocycles. The Morgan fingerprint density at radius 1 is 1.33 bits per heavy atom. The lowest BCUT2D eigenvalue weighted by Gasteiger charge is -2.24. The number of likely N-dealkylation sites (tertiary alicyclic amines) is 1. The second-order valence-corrected chi connectivity index (χ2v) is 8.23. The van der Waals surface area contributed by atoms with E-state index < -0.39 is 23.3 Å². The van der Waals surface area contributed by atoms with Crippen LogP contribution < -0.4 is 5.32 Å². The van der Waals surface area contributed by atoms with Crippen molar-refractivity contribution in [1.29, 1.82) is 0 Å². The molecule has 9 heteroatoms. The average Bonchev–Trinajstić information content (AvgIpc) is 3.18. The zero-order valence-corrected chi connectivity index (χ0v) is 16.2. The van der Waals surface area contributed by atoms with Crippen molar-refractivity contribution in [1.82, 2.24) is 19.8 Å². The highest BCUT2D eigenvalue weighted by molar-refractivity contribution is 7.03. The van der Waals surface area contributed by atoms with E-state index in [1.165, 1.54) is 17.6 Å². The fraction of sp³-hybridized carbons (Fsp3) is 0.500. The highest BCUT2D eigenvalue weighted by atomic mass is 32.1. The summed E-state index contributed by atoms with van der Waals surface area (Å²) < 4.78 is 36.2. The Kier molecular flexibility index (Phi) is 5.71. The smallest absolute Gasteiger partial charge is 0.407 e. The van der Waals surface area contributed by atoms with Crippen molar-refractivity contribution in [3.05, 3.63) is 46.5 Å². The van der Waals surface area contributed by atoms with E-state index in [0.717, 1.165) is 11.8 Å². The number of hydrogen-bond donors (Lipinski definition) is 1. The molecule has 1 aliphatic rings. The molecular formula is C18H22F2N4O2S. The Hall–Kier alpha value is -2.13. The summed E-state index contributed by atoms with van der Waals surface area (Å²) in [5.41, 5.74) is 0.849. The van der Waals surface area contributed by atoms with E-state index in [4.69, 9.17) is 4.74 Å². The highest BCUT2D eigenvalue weighted by Gasteiger charge is 2.36. The summed E-state index contributed by atoms with van der Waals surface area (Å²) in [5, 5.41) is 8.78. The lowest BCUT2D eigenvalue weighted by Crippen LogP contribution is -2.42. The first-order valence-electron chi connectivity index (χ1n) is 8.64. The molecule has 0 aliphatic carbocycles. The summed E-state index contributed by atoms with van der Waals surface area (Å²) in [4.78, 5) is 14.3. The standard InChI is InChI=1S/C18H22F2N4O2S/c1-18(2,3)26-17(25)21-16-9-24(7-12-10-27-23-22-12)8-13(16)11-4-5-14(19)15(20)6-11/h4-6,10,13,16H,7-9H2,1-3H3,(H,21,25)/t13-,16+/m0/s1. The van der Waals surface area contributed by atoms with Crippen LogP contribution in [0.4, 0.5) is 13.6 Å². The normalized spacial score (nSPS) is 20.6. The molecule has 0 bridgehead atoms. The van der Waals surface area contributed by atoms with Crippen LogP contribution in [0.5, 0.6) is 0 Å². The molecule has 2 atom stereocenters. The number of aromatic nitrogens is 2. The Balaban J connectivity index is 1.77. The van der Waals surface area contributed by atoms with Crippen LogP contribution in [0.25, 0.3) is 0 Å². The number of nitrogens with zero attached hydrogens (tertiary/aromatic N) is 3. The molecule has 146 valence electrons. The second kappa shape index (κ2) is 7.85. The summed E-state index contributed by atoms with van der Waals surface area (Å²) in [7, 11) is 0. The van der Waals surface area contributed by atoms with Gasteiger partial charge >= 0.3 is 6.09 Å². The summed E-state index contributed by atoms with van der Waals surface area (Å²) in [6.45, 7) is 7.05. The third kappa shape index (κ3) is 5.20. The average molecular weight is 396 g/mol. The molecule has 1 aliphatic heterocycles. The number of benzene rings is 1.